The zero-order chi connectivity index (χ0) is 15.0. The van der Waals surface area contributed by atoms with Gasteiger partial charge in [0, 0.05) is 25.7 Å². The molecule has 0 bridgehead atoms. The van der Waals surface area contributed by atoms with Crippen LogP contribution in [0.3, 0.4) is 0 Å². The highest BCUT2D eigenvalue weighted by Gasteiger charge is 2.44. The Labute approximate surface area is 129 Å². The van der Waals surface area contributed by atoms with E-state index in [9.17, 15) is 4.79 Å². The van der Waals surface area contributed by atoms with Gasteiger partial charge in [-0.2, -0.15) is 0 Å². The van der Waals surface area contributed by atoms with Gasteiger partial charge >= 0.3 is 0 Å². The molecule has 5 atom stereocenters. The minimum atomic E-state index is 0.361. The van der Waals surface area contributed by atoms with Crippen molar-refractivity contribution in [3.05, 3.63) is 0 Å². The number of carbonyl (C=O) groups is 1. The van der Waals surface area contributed by atoms with Crippen molar-refractivity contribution >= 4 is 5.91 Å². The maximum Gasteiger partial charge on any atom is 0.236 e. The molecule has 1 amide bonds. The van der Waals surface area contributed by atoms with Crippen molar-refractivity contribution in [3.63, 3.8) is 0 Å². The largest absolute Gasteiger partial charge is 0.341 e. The van der Waals surface area contributed by atoms with Gasteiger partial charge in [-0.1, -0.05) is 20.8 Å². The van der Waals surface area contributed by atoms with E-state index < -0.39 is 0 Å². The molecule has 1 N–H and O–H groups in total. The third kappa shape index (κ3) is 3.11. The zero-order valence-corrected chi connectivity index (χ0v) is 13.8. The predicted molar refractivity (Wildman–Crippen MR) is 85.0 cm³/mol. The molecule has 3 saturated heterocycles. The molecule has 0 aliphatic carbocycles. The quantitative estimate of drug-likeness (QED) is 0.855. The predicted octanol–water partition coefficient (Wildman–Crippen LogP) is 1.42. The maximum atomic E-state index is 12.7. The number of amides is 1. The van der Waals surface area contributed by atoms with Gasteiger partial charge < -0.3 is 10.2 Å². The Morgan fingerprint density at radius 1 is 1.14 bits per heavy atom. The van der Waals surface area contributed by atoms with Crippen molar-refractivity contribution in [3.8, 4) is 0 Å². The Morgan fingerprint density at radius 2 is 1.86 bits per heavy atom. The van der Waals surface area contributed by atoms with Crippen molar-refractivity contribution in [2.75, 3.05) is 39.3 Å². The monoisotopic (exact) mass is 293 g/mol. The Kier molecular flexibility index (Phi) is 4.55. The minimum absolute atomic E-state index is 0.361. The van der Waals surface area contributed by atoms with Crippen LogP contribution in [0.25, 0.3) is 0 Å². The van der Waals surface area contributed by atoms with Crippen LogP contribution in [0.2, 0.25) is 0 Å². The number of fused-ring (bicyclic) bond motifs is 1. The van der Waals surface area contributed by atoms with Crippen LogP contribution in [0.5, 0.6) is 0 Å². The first-order valence-electron chi connectivity index (χ1n) is 8.81. The molecule has 0 radical (unpaired) electrons. The summed E-state index contributed by atoms with van der Waals surface area (Å²) in [5, 5.41) is 3.52. The van der Waals surface area contributed by atoms with Crippen LogP contribution in [-0.2, 0) is 4.79 Å². The van der Waals surface area contributed by atoms with Gasteiger partial charge in [0.1, 0.15) is 0 Å². The van der Waals surface area contributed by atoms with Gasteiger partial charge in [0.2, 0.25) is 5.91 Å². The van der Waals surface area contributed by atoms with Gasteiger partial charge in [0.25, 0.3) is 0 Å². The van der Waals surface area contributed by atoms with Crippen LogP contribution in [0.4, 0.5) is 0 Å². The topological polar surface area (TPSA) is 35.6 Å². The Bertz CT molecular complexity index is 376. The minimum Gasteiger partial charge on any atom is -0.341 e. The number of nitrogens with one attached hydrogen (secondary N) is 1. The van der Waals surface area contributed by atoms with Crippen LogP contribution in [0.1, 0.15) is 33.6 Å². The van der Waals surface area contributed by atoms with Crippen LogP contribution >= 0.6 is 0 Å². The molecule has 0 aromatic heterocycles. The highest BCUT2D eigenvalue weighted by molar-refractivity contribution is 5.78. The molecule has 0 saturated carbocycles. The average Bonchev–Trinajstić information content (AvgIpc) is 2.97. The van der Waals surface area contributed by atoms with Gasteiger partial charge in [-0.05, 0) is 49.6 Å². The van der Waals surface area contributed by atoms with E-state index in [0.717, 1.165) is 44.6 Å². The molecule has 3 aliphatic rings. The second-order valence-electron chi connectivity index (χ2n) is 7.73. The van der Waals surface area contributed by atoms with Crippen molar-refractivity contribution in [2.24, 2.45) is 23.7 Å². The first-order valence-corrected chi connectivity index (χ1v) is 8.81. The van der Waals surface area contributed by atoms with Crippen molar-refractivity contribution in [2.45, 2.75) is 39.7 Å². The highest BCUT2D eigenvalue weighted by atomic mass is 16.2. The molecule has 3 fully saturated rings. The zero-order valence-electron chi connectivity index (χ0n) is 13.8. The molecular weight excluding hydrogens is 262 g/mol. The number of likely N-dealkylation sites (tertiary alicyclic amines) is 2. The van der Waals surface area contributed by atoms with E-state index in [1.54, 1.807) is 0 Å². The van der Waals surface area contributed by atoms with Gasteiger partial charge in [-0.3, -0.25) is 9.69 Å². The summed E-state index contributed by atoms with van der Waals surface area (Å²) in [7, 11) is 0. The molecule has 120 valence electrons. The second-order valence-corrected chi connectivity index (χ2v) is 7.73. The molecule has 4 nitrogen and oxygen atoms in total. The molecular formula is C17H31N3O. The van der Waals surface area contributed by atoms with E-state index in [4.69, 9.17) is 0 Å². The molecule has 0 aromatic carbocycles. The molecule has 3 heterocycles. The number of hydrogen-bond acceptors (Lipinski definition) is 3. The summed E-state index contributed by atoms with van der Waals surface area (Å²) >= 11 is 0. The lowest BCUT2D eigenvalue weighted by atomic mass is 9.92. The van der Waals surface area contributed by atoms with Crippen LogP contribution in [-0.4, -0.2) is 61.0 Å². The third-order valence-electron chi connectivity index (χ3n) is 5.80. The normalized spacial score (nSPS) is 40.5. The molecule has 5 unspecified atom stereocenters. The highest BCUT2D eigenvalue weighted by Crippen LogP contribution is 2.34. The standard InChI is InChI=1S/C17H31N3O/c1-4-16-15-7-18-6-14(15)10-19(16)11-17(21)20-8-12(2)5-13(3)9-20/h12-16,18H,4-11H2,1-3H3. The SMILES string of the molecule is CCC1C2CNCC2CN1CC(=O)N1CC(C)CC(C)C1. The molecule has 21 heavy (non-hydrogen) atoms. The fourth-order valence-electron chi connectivity index (χ4n) is 4.99. The van der Waals surface area contributed by atoms with E-state index in [1.807, 2.05) is 0 Å². The summed E-state index contributed by atoms with van der Waals surface area (Å²) < 4.78 is 0. The van der Waals surface area contributed by atoms with Crippen LogP contribution in [0.15, 0.2) is 0 Å². The maximum absolute atomic E-state index is 12.7. The van der Waals surface area contributed by atoms with Gasteiger partial charge in [0.05, 0.1) is 6.54 Å². The van der Waals surface area contributed by atoms with Gasteiger partial charge in [0.15, 0.2) is 0 Å². The van der Waals surface area contributed by atoms with E-state index in [-0.39, 0.29) is 0 Å². The first kappa shape index (κ1) is 15.3. The third-order valence-corrected chi connectivity index (χ3v) is 5.80. The number of carbonyl (C=O) groups excluding carboxylic acids is 1. The lowest BCUT2D eigenvalue weighted by molar-refractivity contribution is -0.135. The molecule has 3 aliphatic heterocycles. The molecule has 4 heteroatoms. The summed E-state index contributed by atoms with van der Waals surface area (Å²) in [6.07, 6.45) is 2.43. The number of rotatable bonds is 3. The van der Waals surface area contributed by atoms with Crippen LogP contribution < -0.4 is 5.32 Å². The summed E-state index contributed by atoms with van der Waals surface area (Å²) in [6.45, 7) is 12.8. The number of piperidine rings is 1. The molecule has 0 spiro atoms. The van der Waals surface area contributed by atoms with Crippen molar-refractivity contribution in [1.82, 2.24) is 15.1 Å². The van der Waals surface area contributed by atoms with E-state index in [2.05, 4.69) is 35.9 Å². The summed E-state index contributed by atoms with van der Waals surface area (Å²) in [4.78, 5) is 17.3. The van der Waals surface area contributed by atoms with Gasteiger partial charge in [-0.15, -0.1) is 0 Å². The van der Waals surface area contributed by atoms with Crippen molar-refractivity contribution in [1.29, 1.82) is 0 Å². The van der Waals surface area contributed by atoms with Gasteiger partial charge in [-0.25, -0.2) is 0 Å². The molecule has 3 rings (SSSR count). The van der Waals surface area contributed by atoms with Crippen LogP contribution in [0, 0.1) is 23.7 Å². The van der Waals surface area contributed by atoms with Crippen molar-refractivity contribution < 1.29 is 4.79 Å². The Balaban J connectivity index is 1.59. The second kappa shape index (κ2) is 6.25. The summed E-state index contributed by atoms with van der Waals surface area (Å²) in [6, 6.07) is 0.605. The number of hydrogen-bond donors (Lipinski definition) is 1. The average molecular weight is 293 g/mol. The first-order chi connectivity index (χ1) is 10.1. The Morgan fingerprint density at radius 3 is 2.52 bits per heavy atom. The van der Waals surface area contributed by atoms with E-state index in [1.165, 1.54) is 12.8 Å². The fourth-order valence-corrected chi connectivity index (χ4v) is 4.99. The molecule has 0 aromatic rings. The lowest BCUT2D eigenvalue weighted by Crippen LogP contribution is -2.48. The fraction of sp³-hybridized carbons (Fsp3) is 0.941. The summed E-state index contributed by atoms with van der Waals surface area (Å²) in [5.41, 5.74) is 0. The number of nitrogens with zero attached hydrogens (tertiary/aromatic N) is 2. The lowest BCUT2D eigenvalue weighted by Gasteiger charge is -2.36. The summed E-state index contributed by atoms with van der Waals surface area (Å²) in [5.74, 6) is 3.20. The smallest absolute Gasteiger partial charge is 0.236 e. The van der Waals surface area contributed by atoms with E-state index >= 15 is 0 Å². The Hall–Kier alpha value is -0.610. The van der Waals surface area contributed by atoms with E-state index in [0.29, 0.717) is 30.3 Å².